The lowest BCUT2D eigenvalue weighted by Crippen LogP contribution is -2.47. The Hall–Kier alpha value is -2.83. The van der Waals surface area contributed by atoms with Gasteiger partial charge in [0.1, 0.15) is 11.1 Å². The zero-order valence-electron chi connectivity index (χ0n) is 15.6. The second-order valence-corrected chi connectivity index (χ2v) is 6.30. The van der Waals surface area contributed by atoms with E-state index >= 15 is 0 Å². The number of ether oxygens (including phenoxy) is 1. The van der Waals surface area contributed by atoms with E-state index in [9.17, 15) is 14.7 Å². The zero-order valence-corrected chi connectivity index (χ0v) is 15.6. The second-order valence-electron chi connectivity index (χ2n) is 6.30. The van der Waals surface area contributed by atoms with Gasteiger partial charge in [-0.1, -0.05) is 37.3 Å². The van der Waals surface area contributed by atoms with Gasteiger partial charge in [0.25, 0.3) is 5.91 Å². The largest absolute Gasteiger partial charge is 0.481 e. The molecular formula is C19H25N3O4. The molecule has 0 fully saturated rings. The highest BCUT2D eigenvalue weighted by atomic mass is 16.5. The quantitative estimate of drug-likeness (QED) is 0.751. The van der Waals surface area contributed by atoms with Crippen LogP contribution < -0.4 is 10.1 Å². The van der Waals surface area contributed by atoms with Crippen molar-refractivity contribution in [2.45, 2.75) is 32.6 Å². The minimum absolute atomic E-state index is 0.00392. The summed E-state index contributed by atoms with van der Waals surface area (Å²) in [4.78, 5) is 24.1. The first-order valence-corrected chi connectivity index (χ1v) is 8.50. The van der Waals surface area contributed by atoms with Crippen molar-refractivity contribution < 1.29 is 19.4 Å². The molecule has 1 aromatic carbocycles. The van der Waals surface area contributed by atoms with Gasteiger partial charge in [0.2, 0.25) is 0 Å². The highest BCUT2D eigenvalue weighted by Crippen LogP contribution is 2.28. The second kappa shape index (κ2) is 8.03. The molecular weight excluding hydrogens is 334 g/mol. The molecule has 7 heteroatoms. The summed E-state index contributed by atoms with van der Waals surface area (Å²) >= 11 is 0. The van der Waals surface area contributed by atoms with Gasteiger partial charge in [0.05, 0.1) is 5.69 Å². The minimum atomic E-state index is -1.17. The Morgan fingerprint density at radius 2 is 1.92 bits per heavy atom. The van der Waals surface area contributed by atoms with Gasteiger partial charge in [-0.15, -0.1) is 0 Å². The molecule has 140 valence electrons. The number of benzene rings is 1. The van der Waals surface area contributed by atoms with Gasteiger partial charge in [-0.25, -0.2) is 0 Å². The standard InChI is InChI=1S/C19H25N3O4/c1-5-19(18(24)25,15-9-7-6-8-10-15)12-20-16(23)11-26-17-13(2)21-22(4)14(17)3/h6-10H,5,11-12H2,1-4H3,(H,20,23)(H,24,25). The lowest BCUT2D eigenvalue weighted by molar-refractivity contribution is -0.144. The van der Waals surface area contributed by atoms with Gasteiger partial charge in [-0.3, -0.25) is 14.3 Å². The highest BCUT2D eigenvalue weighted by molar-refractivity contribution is 5.84. The number of aliphatic carboxylic acids is 1. The summed E-state index contributed by atoms with van der Waals surface area (Å²) in [6.07, 6.45) is 0.355. The number of rotatable bonds is 8. The molecule has 1 heterocycles. The summed E-state index contributed by atoms with van der Waals surface area (Å²) in [5.41, 5.74) is 1.02. The van der Waals surface area contributed by atoms with E-state index in [0.29, 0.717) is 23.4 Å². The molecule has 0 spiro atoms. The molecule has 2 N–H and O–H groups in total. The molecule has 1 unspecified atom stereocenters. The number of aryl methyl sites for hydroxylation is 2. The zero-order chi connectivity index (χ0) is 19.3. The van der Waals surface area contributed by atoms with Crippen molar-refractivity contribution in [1.29, 1.82) is 0 Å². The first kappa shape index (κ1) is 19.5. The van der Waals surface area contributed by atoms with E-state index in [1.807, 2.05) is 19.9 Å². The fraction of sp³-hybridized carbons (Fsp3) is 0.421. The van der Waals surface area contributed by atoms with Crippen molar-refractivity contribution in [2.75, 3.05) is 13.2 Å². The van der Waals surface area contributed by atoms with Gasteiger partial charge >= 0.3 is 5.97 Å². The number of carbonyl (C=O) groups excluding carboxylic acids is 1. The first-order chi connectivity index (χ1) is 12.3. The van der Waals surface area contributed by atoms with Crippen molar-refractivity contribution in [3.8, 4) is 5.75 Å². The van der Waals surface area contributed by atoms with Gasteiger partial charge < -0.3 is 15.2 Å². The molecule has 0 aliphatic heterocycles. The van der Waals surface area contributed by atoms with Crippen LogP contribution in [0.3, 0.4) is 0 Å². The Morgan fingerprint density at radius 3 is 2.42 bits per heavy atom. The molecule has 7 nitrogen and oxygen atoms in total. The van der Waals surface area contributed by atoms with Crippen molar-refractivity contribution in [1.82, 2.24) is 15.1 Å². The Morgan fingerprint density at radius 1 is 1.27 bits per heavy atom. The third kappa shape index (κ3) is 3.87. The Labute approximate surface area is 153 Å². The topological polar surface area (TPSA) is 93.5 Å². The van der Waals surface area contributed by atoms with Crippen LogP contribution in [-0.4, -0.2) is 39.9 Å². The van der Waals surface area contributed by atoms with Crippen LogP contribution in [0.5, 0.6) is 5.75 Å². The van der Waals surface area contributed by atoms with E-state index in [0.717, 1.165) is 5.69 Å². The summed E-state index contributed by atoms with van der Waals surface area (Å²) in [5, 5.41) is 16.7. The Balaban J connectivity index is 2.04. The number of carboxylic acids is 1. The number of hydrogen-bond donors (Lipinski definition) is 2. The third-order valence-corrected chi connectivity index (χ3v) is 4.72. The van der Waals surface area contributed by atoms with Crippen LogP contribution in [0.25, 0.3) is 0 Å². The molecule has 26 heavy (non-hydrogen) atoms. The lowest BCUT2D eigenvalue weighted by Gasteiger charge is -2.29. The van der Waals surface area contributed by atoms with E-state index in [1.54, 1.807) is 42.9 Å². The lowest BCUT2D eigenvalue weighted by atomic mass is 9.78. The van der Waals surface area contributed by atoms with Crippen LogP contribution in [0.2, 0.25) is 0 Å². The minimum Gasteiger partial charge on any atom is -0.481 e. The first-order valence-electron chi connectivity index (χ1n) is 8.50. The molecule has 0 aliphatic carbocycles. The number of nitrogens with one attached hydrogen (secondary N) is 1. The van der Waals surface area contributed by atoms with Crippen LogP contribution in [0.4, 0.5) is 0 Å². The van der Waals surface area contributed by atoms with E-state index < -0.39 is 11.4 Å². The van der Waals surface area contributed by atoms with Crippen LogP contribution in [0.15, 0.2) is 30.3 Å². The third-order valence-electron chi connectivity index (χ3n) is 4.72. The predicted molar refractivity (Wildman–Crippen MR) is 97.2 cm³/mol. The number of hydrogen-bond acceptors (Lipinski definition) is 4. The molecule has 0 saturated carbocycles. The van der Waals surface area contributed by atoms with E-state index in [-0.39, 0.29) is 19.1 Å². The number of nitrogens with zero attached hydrogens (tertiary/aromatic N) is 2. The van der Waals surface area contributed by atoms with Crippen molar-refractivity contribution in [2.24, 2.45) is 7.05 Å². The Bertz CT molecular complexity index is 786. The smallest absolute Gasteiger partial charge is 0.315 e. The number of amides is 1. The van der Waals surface area contributed by atoms with Gasteiger partial charge in [-0.05, 0) is 25.8 Å². The molecule has 0 bridgehead atoms. The maximum absolute atomic E-state index is 12.2. The van der Waals surface area contributed by atoms with E-state index in [2.05, 4.69) is 10.4 Å². The maximum atomic E-state index is 12.2. The summed E-state index contributed by atoms with van der Waals surface area (Å²) in [7, 11) is 1.80. The van der Waals surface area contributed by atoms with Crippen LogP contribution >= 0.6 is 0 Å². The molecule has 2 rings (SSSR count). The molecule has 1 aromatic heterocycles. The van der Waals surface area contributed by atoms with Gasteiger partial charge in [0, 0.05) is 13.6 Å². The summed E-state index contributed by atoms with van der Waals surface area (Å²) in [5.74, 6) is -0.764. The van der Waals surface area contributed by atoms with Gasteiger partial charge in [0.15, 0.2) is 12.4 Å². The average Bonchev–Trinajstić information content (AvgIpc) is 2.86. The molecule has 1 amide bonds. The summed E-state index contributed by atoms with van der Waals surface area (Å²) in [6, 6.07) is 8.95. The predicted octanol–water partition coefficient (Wildman–Crippen LogP) is 1.96. The van der Waals surface area contributed by atoms with E-state index in [4.69, 9.17) is 4.74 Å². The van der Waals surface area contributed by atoms with Crippen LogP contribution in [0.1, 0.15) is 30.3 Å². The SMILES string of the molecule is CCC(CNC(=O)COc1c(C)nn(C)c1C)(C(=O)O)c1ccccc1. The molecule has 0 radical (unpaired) electrons. The number of carbonyl (C=O) groups is 2. The Kier molecular flexibility index (Phi) is 6.02. The number of carboxylic acid groups (broad SMARTS) is 1. The van der Waals surface area contributed by atoms with Crippen LogP contribution in [-0.2, 0) is 22.1 Å². The molecule has 0 aliphatic rings. The molecule has 0 saturated heterocycles. The van der Waals surface area contributed by atoms with Crippen molar-refractivity contribution >= 4 is 11.9 Å². The fourth-order valence-electron chi connectivity index (χ4n) is 2.94. The van der Waals surface area contributed by atoms with Crippen LogP contribution in [0, 0.1) is 13.8 Å². The molecule has 1 atom stereocenters. The maximum Gasteiger partial charge on any atom is 0.315 e. The monoisotopic (exact) mass is 359 g/mol. The summed E-state index contributed by atoms with van der Waals surface area (Å²) in [6.45, 7) is 5.26. The summed E-state index contributed by atoms with van der Waals surface area (Å²) < 4.78 is 7.26. The van der Waals surface area contributed by atoms with E-state index in [1.165, 1.54) is 0 Å². The molecule has 2 aromatic rings. The number of aromatic nitrogens is 2. The highest BCUT2D eigenvalue weighted by Gasteiger charge is 2.39. The average molecular weight is 359 g/mol. The normalized spacial score (nSPS) is 13.1. The van der Waals surface area contributed by atoms with Gasteiger partial charge in [-0.2, -0.15) is 5.10 Å². The fourth-order valence-corrected chi connectivity index (χ4v) is 2.94. The van der Waals surface area contributed by atoms with Crippen molar-refractivity contribution in [3.63, 3.8) is 0 Å². The van der Waals surface area contributed by atoms with Crippen molar-refractivity contribution in [3.05, 3.63) is 47.3 Å².